The van der Waals surface area contributed by atoms with Crippen molar-refractivity contribution in [2.24, 2.45) is 0 Å². The highest BCUT2D eigenvalue weighted by molar-refractivity contribution is 9.10. The smallest absolute Gasteiger partial charge is 0.0608 e. The van der Waals surface area contributed by atoms with E-state index in [2.05, 4.69) is 52.5 Å². The van der Waals surface area contributed by atoms with Gasteiger partial charge in [-0.05, 0) is 47.1 Å². The van der Waals surface area contributed by atoms with Gasteiger partial charge in [-0.2, -0.15) is 5.10 Å². The lowest BCUT2D eigenvalue weighted by molar-refractivity contribution is 0.625. The van der Waals surface area contributed by atoms with Gasteiger partial charge in [-0.1, -0.05) is 24.6 Å². The molecule has 102 valence electrons. The Balaban J connectivity index is 2.35. The van der Waals surface area contributed by atoms with Crippen LogP contribution in [0.1, 0.15) is 31.0 Å². The van der Waals surface area contributed by atoms with Gasteiger partial charge in [0.15, 0.2) is 0 Å². The second-order valence-electron chi connectivity index (χ2n) is 4.29. The van der Waals surface area contributed by atoms with E-state index in [9.17, 15) is 0 Å². The van der Waals surface area contributed by atoms with Gasteiger partial charge < -0.3 is 5.32 Å². The van der Waals surface area contributed by atoms with E-state index in [4.69, 9.17) is 11.6 Å². The van der Waals surface area contributed by atoms with Crippen LogP contribution >= 0.6 is 27.5 Å². The van der Waals surface area contributed by atoms with E-state index in [-0.39, 0.29) is 6.04 Å². The summed E-state index contributed by atoms with van der Waals surface area (Å²) in [4.78, 5) is 0. The van der Waals surface area contributed by atoms with Crippen molar-refractivity contribution in [2.75, 3.05) is 6.54 Å². The fourth-order valence-corrected chi connectivity index (χ4v) is 2.54. The molecule has 1 aromatic carbocycles. The predicted molar refractivity (Wildman–Crippen MR) is 82.6 cm³/mol. The van der Waals surface area contributed by atoms with E-state index < -0.39 is 0 Å². The zero-order valence-electron chi connectivity index (χ0n) is 11.0. The summed E-state index contributed by atoms with van der Waals surface area (Å²) >= 11 is 9.53. The molecule has 0 aliphatic heterocycles. The molecule has 0 fully saturated rings. The molecule has 1 N–H and O–H groups in total. The molecule has 2 rings (SSSR count). The molecule has 19 heavy (non-hydrogen) atoms. The molecule has 0 radical (unpaired) electrons. The number of aryl methyl sites for hydroxylation is 1. The van der Waals surface area contributed by atoms with Gasteiger partial charge in [0.1, 0.15) is 0 Å². The minimum Gasteiger partial charge on any atom is -0.306 e. The maximum atomic E-state index is 6.05. The molecule has 1 unspecified atom stereocenters. The molecule has 0 aliphatic carbocycles. The van der Waals surface area contributed by atoms with E-state index in [0.29, 0.717) is 0 Å². The van der Waals surface area contributed by atoms with E-state index in [0.717, 1.165) is 28.1 Å². The number of aromatic nitrogens is 2. The summed E-state index contributed by atoms with van der Waals surface area (Å²) in [7, 11) is 0. The van der Waals surface area contributed by atoms with Gasteiger partial charge in [0.2, 0.25) is 0 Å². The summed E-state index contributed by atoms with van der Waals surface area (Å²) in [6, 6.07) is 6.15. The summed E-state index contributed by atoms with van der Waals surface area (Å²) < 4.78 is 2.85. The Bertz CT molecular complexity index is 553. The molecule has 2 aromatic rings. The lowest BCUT2D eigenvalue weighted by Gasteiger charge is -2.17. The number of hydrogen-bond acceptors (Lipinski definition) is 2. The molecule has 5 heteroatoms. The average molecular weight is 343 g/mol. The van der Waals surface area contributed by atoms with Crippen LogP contribution in [0.5, 0.6) is 0 Å². The van der Waals surface area contributed by atoms with Crippen molar-refractivity contribution in [2.45, 2.75) is 26.4 Å². The first kappa shape index (κ1) is 14.6. The molecule has 1 aromatic heterocycles. The molecular weight excluding hydrogens is 326 g/mol. The number of rotatable bonds is 5. The number of nitrogens with one attached hydrogen (secondary N) is 1. The highest BCUT2D eigenvalue weighted by Gasteiger charge is 2.15. The molecule has 1 heterocycles. The topological polar surface area (TPSA) is 29.9 Å². The fourth-order valence-electron chi connectivity index (χ4n) is 2.03. The van der Waals surface area contributed by atoms with E-state index in [1.54, 1.807) is 0 Å². The molecule has 0 saturated heterocycles. The standard InChI is InChI=1S/C14H17BrClN3/c1-3-17-14(11-8-18-19(4-2)9-11)10-5-6-13(16)12(15)7-10/h5-9,14,17H,3-4H2,1-2H3. The van der Waals surface area contributed by atoms with Gasteiger partial charge >= 0.3 is 0 Å². The largest absolute Gasteiger partial charge is 0.306 e. The first-order chi connectivity index (χ1) is 9.15. The third-order valence-electron chi connectivity index (χ3n) is 3.00. The van der Waals surface area contributed by atoms with Crippen LogP contribution in [0.15, 0.2) is 35.1 Å². The number of benzene rings is 1. The van der Waals surface area contributed by atoms with Gasteiger partial charge in [-0.3, -0.25) is 4.68 Å². The predicted octanol–water partition coefficient (Wildman–Crippen LogP) is 4.02. The van der Waals surface area contributed by atoms with E-state index in [1.165, 1.54) is 5.56 Å². The molecule has 3 nitrogen and oxygen atoms in total. The van der Waals surface area contributed by atoms with Crippen molar-refractivity contribution < 1.29 is 0 Å². The van der Waals surface area contributed by atoms with Gasteiger partial charge in [-0.25, -0.2) is 0 Å². The summed E-state index contributed by atoms with van der Waals surface area (Å²) in [6.45, 7) is 5.95. The summed E-state index contributed by atoms with van der Waals surface area (Å²) in [6.07, 6.45) is 4.00. The Morgan fingerprint density at radius 2 is 2.16 bits per heavy atom. The number of hydrogen-bond donors (Lipinski definition) is 1. The maximum Gasteiger partial charge on any atom is 0.0608 e. The normalized spacial score (nSPS) is 12.6. The number of halogens is 2. The van der Waals surface area contributed by atoms with Crippen LogP contribution in [-0.2, 0) is 6.54 Å². The van der Waals surface area contributed by atoms with Gasteiger partial charge in [0.05, 0.1) is 17.3 Å². The third-order valence-corrected chi connectivity index (χ3v) is 4.21. The van der Waals surface area contributed by atoms with Gasteiger partial charge in [-0.15, -0.1) is 0 Å². The van der Waals surface area contributed by atoms with Crippen molar-refractivity contribution in [3.63, 3.8) is 0 Å². The average Bonchev–Trinajstić information content (AvgIpc) is 2.88. The Hall–Kier alpha value is -0.840. The van der Waals surface area contributed by atoms with Crippen LogP contribution in [0.25, 0.3) is 0 Å². The van der Waals surface area contributed by atoms with Crippen LogP contribution in [0.2, 0.25) is 5.02 Å². The van der Waals surface area contributed by atoms with Crippen molar-refractivity contribution in [3.8, 4) is 0 Å². The second-order valence-corrected chi connectivity index (χ2v) is 5.56. The summed E-state index contributed by atoms with van der Waals surface area (Å²) in [5.74, 6) is 0. The Labute approximate surface area is 127 Å². The molecule has 1 atom stereocenters. The number of nitrogens with zero attached hydrogens (tertiary/aromatic N) is 2. The Morgan fingerprint density at radius 1 is 1.37 bits per heavy atom. The Morgan fingerprint density at radius 3 is 2.74 bits per heavy atom. The highest BCUT2D eigenvalue weighted by atomic mass is 79.9. The Kier molecular flexibility index (Phi) is 5.02. The monoisotopic (exact) mass is 341 g/mol. The lowest BCUT2D eigenvalue weighted by atomic mass is 10.0. The first-order valence-electron chi connectivity index (χ1n) is 6.36. The van der Waals surface area contributed by atoms with Crippen molar-refractivity contribution in [1.82, 2.24) is 15.1 Å². The highest BCUT2D eigenvalue weighted by Crippen LogP contribution is 2.29. The molecular formula is C14H17BrClN3. The minimum absolute atomic E-state index is 0.138. The summed E-state index contributed by atoms with van der Waals surface area (Å²) in [5.41, 5.74) is 2.34. The summed E-state index contributed by atoms with van der Waals surface area (Å²) in [5, 5.41) is 8.55. The zero-order valence-corrected chi connectivity index (χ0v) is 13.4. The third kappa shape index (κ3) is 3.38. The van der Waals surface area contributed by atoms with Crippen LogP contribution < -0.4 is 5.32 Å². The van der Waals surface area contributed by atoms with E-state index >= 15 is 0 Å². The molecule has 0 amide bonds. The van der Waals surface area contributed by atoms with Crippen LogP contribution in [0.3, 0.4) is 0 Å². The minimum atomic E-state index is 0.138. The van der Waals surface area contributed by atoms with Crippen LogP contribution in [0, 0.1) is 0 Å². The second kappa shape index (κ2) is 6.55. The van der Waals surface area contributed by atoms with Crippen LogP contribution in [0.4, 0.5) is 0 Å². The van der Waals surface area contributed by atoms with Crippen molar-refractivity contribution in [3.05, 3.63) is 51.2 Å². The SMILES string of the molecule is CCNC(c1ccc(Cl)c(Br)c1)c1cnn(CC)c1. The van der Waals surface area contributed by atoms with Gasteiger partial charge in [0.25, 0.3) is 0 Å². The zero-order chi connectivity index (χ0) is 13.8. The van der Waals surface area contributed by atoms with Crippen molar-refractivity contribution in [1.29, 1.82) is 0 Å². The molecule has 0 spiro atoms. The molecule has 0 saturated carbocycles. The fraction of sp³-hybridized carbons (Fsp3) is 0.357. The van der Waals surface area contributed by atoms with E-state index in [1.807, 2.05) is 23.0 Å². The van der Waals surface area contributed by atoms with Gasteiger partial charge in [0, 0.05) is 22.8 Å². The lowest BCUT2D eigenvalue weighted by Crippen LogP contribution is -2.21. The first-order valence-corrected chi connectivity index (χ1v) is 7.53. The quantitative estimate of drug-likeness (QED) is 0.889. The molecule has 0 aliphatic rings. The van der Waals surface area contributed by atoms with Crippen molar-refractivity contribution >= 4 is 27.5 Å². The molecule has 0 bridgehead atoms. The maximum absolute atomic E-state index is 6.05. The van der Waals surface area contributed by atoms with Crippen LogP contribution in [-0.4, -0.2) is 16.3 Å².